The van der Waals surface area contributed by atoms with E-state index < -0.39 is 5.79 Å². The zero-order chi connectivity index (χ0) is 15.0. The molecule has 2 aliphatic rings. The second kappa shape index (κ2) is 5.50. The maximum atomic E-state index is 11.5. The van der Waals surface area contributed by atoms with Gasteiger partial charge < -0.3 is 14.2 Å². The number of thioether (sulfide) groups is 1. The predicted octanol–water partition coefficient (Wildman–Crippen LogP) is 2.58. The smallest absolute Gasteiger partial charge is 0.319 e. The van der Waals surface area contributed by atoms with Crippen LogP contribution in [-0.2, 0) is 26.6 Å². The molecule has 3 rings (SSSR count). The molecular formula is C15H19NO4S. The van der Waals surface area contributed by atoms with Crippen LogP contribution in [0.5, 0.6) is 5.75 Å². The third-order valence-electron chi connectivity index (χ3n) is 3.64. The van der Waals surface area contributed by atoms with E-state index in [-0.39, 0.29) is 11.2 Å². The van der Waals surface area contributed by atoms with Crippen molar-refractivity contribution in [2.24, 2.45) is 0 Å². The molecule has 1 saturated heterocycles. The maximum Gasteiger partial charge on any atom is 0.319 e. The van der Waals surface area contributed by atoms with E-state index in [4.69, 9.17) is 14.2 Å². The lowest BCUT2D eigenvalue weighted by molar-refractivity contribution is -0.180. The van der Waals surface area contributed by atoms with Crippen molar-refractivity contribution in [1.82, 2.24) is 4.98 Å². The van der Waals surface area contributed by atoms with Crippen LogP contribution in [0.3, 0.4) is 0 Å². The molecule has 5 nitrogen and oxygen atoms in total. The fourth-order valence-electron chi connectivity index (χ4n) is 2.43. The van der Waals surface area contributed by atoms with Crippen LogP contribution in [0.1, 0.15) is 37.1 Å². The van der Waals surface area contributed by atoms with Gasteiger partial charge in [-0.15, -0.1) is 11.8 Å². The first-order chi connectivity index (χ1) is 9.96. The van der Waals surface area contributed by atoms with Gasteiger partial charge in [0.25, 0.3) is 0 Å². The molecule has 2 aliphatic heterocycles. The van der Waals surface area contributed by atoms with E-state index >= 15 is 0 Å². The predicted molar refractivity (Wildman–Crippen MR) is 79.1 cm³/mol. The number of pyridine rings is 1. The Bertz CT molecular complexity index is 573. The van der Waals surface area contributed by atoms with Gasteiger partial charge in [-0.3, -0.25) is 9.78 Å². The lowest BCUT2D eigenvalue weighted by Gasteiger charge is -2.34. The molecule has 0 radical (unpaired) electrons. The van der Waals surface area contributed by atoms with Crippen molar-refractivity contribution in [2.75, 3.05) is 6.61 Å². The average molecular weight is 309 g/mol. The molecule has 0 bridgehead atoms. The molecule has 1 aromatic rings. The molecule has 1 atom stereocenters. The minimum absolute atomic E-state index is 0.0659. The first-order valence-corrected chi connectivity index (χ1v) is 8.10. The van der Waals surface area contributed by atoms with E-state index in [1.807, 2.05) is 27.0 Å². The van der Waals surface area contributed by atoms with Crippen LogP contribution in [-0.4, -0.2) is 28.6 Å². The van der Waals surface area contributed by atoms with Crippen molar-refractivity contribution in [1.29, 1.82) is 0 Å². The van der Waals surface area contributed by atoms with Crippen LogP contribution in [0.4, 0.5) is 0 Å². The summed E-state index contributed by atoms with van der Waals surface area (Å²) in [6, 6.07) is 0. The molecule has 3 heterocycles. The summed E-state index contributed by atoms with van der Waals surface area (Å²) in [5, 5.41) is -0.0659. The van der Waals surface area contributed by atoms with Crippen LogP contribution in [0.15, 0.2) is 6.20 Å². The number of rotatable bonds is 3. The van der Waals surface area contributed by atoms with Crippen LogP contribution in [0, 0.1) is 6.92 Å². The number of nitrogens with zero attached hydrogens (tertiary/aromatic N) is 1. The molecule has 0 spiro atoms. The minimum atomic E-state index is -0.625. The number of cyclic esters (lactones) is 1. The topological polar surface area (TPSA) is 57.7 Å². The van der Waals surface area contributed by atoms with Gasteiger partial charge in [0.15, 0.2) is 0 Å². The highest BCUT2D eigenvalue weighted by Gasteiger charge is 2.31. The van der Waals surface area contributed by atoms with Gasteiger partial charge in [-0.2, -0.15) is 0 Å². The summed E-state index contributed by atoms with van der Waals surface area (Å²) in [4.78, 5) is 15.9. The molecule has 6 heteroatoms. The van der Waals surface area contributed by atoms with Gasteiger partial charge in [-0.1, -0.05) is 0 Å². The summed E-state index contributed by atoms with van der Waals surface area (Å²) in [5.41, 5.74) is 2.98. The Hall–Kier alpha value is -1.27. The van der Waals surface area contributed by atoms with E-state index in [0.717, 1.165) is 29.0 Å². The number of esters is 1. The molecule has 1 aromatic heterocycles. The van der Waals surface area contributed by atoms with Gasteiger partial charge in [-0.25, -0.2) is 0 Å². The molecule has 0 aliphatic carbocycles. The van der Waals surface area contributed by atoms with Gasteiger partial charge in [0, 0.05) is 37.8 Å². The highest BCUT2D eigenvalue weighted by molar-refractivity contribution is 7.99. The molecule has 0 N–H and O–H groups in total. The van der Waals surface area contributed by atoms with E-state index in [0.29, 0.717) is 19.0 Å². The SMILES string of the molecule is Cc1ncc(CSC2CCOC2=O)c2c1OC(C)(C)OC2. The quantitative estimate of drug-likeness (QED) is 0.800. The molecular weight excluding hydrogens is 290 g/mol. The highest BCUT2D eigenvalue weighted by atomic mass is 32.2. The molecule has 1 unspecified atom stereocenters. The molecule has 0 aromatic carbocycles. The van der Waals surface area contributed by atoms with Gasteiger partial charge in [0.1, 0.15) is 11.0 Å². The minimum Gasteiger partial charge on any atom is -0.465 e. The molecule has 114 valence electrons. The van der Waals surface area contributed by atoms with Crippen LogP contribution >= 0.6 is 11.8 Å². The molecule has 0 amide bonds. The van der Waals surface area contributed by atoms with Crippen molar-refractivity contribution in [2.45, 2.75) is 50.6 Å². The maximum absolute atomic E-state index is 11.5. The zero-order valence-electron chi connectivity index (χ0n) is 12.5. The second-order valence-corrected chi connectivity index (χ2v) is 6.91. The van der Waals surface area contributed by atoms with E-state index in [2.05, 4.69) is 4.98 Å². The third kappa shape index (κ3) is 3.01. The Labute approximate surface area is 128 Å². The van der Waals surface area contributed by atoms with Crippen molar-refractivity contribution in [3.63, 3.8) is 0 Å². The van der Waals surface area contributed by atoms with Gasteiger partial charge in [0.05, 0.1) is 18.9 Å². The fourth-order valence-corrected chi connectivity index (χ4v) is 3.53. The fraction of sp³-hybridized carbons (Fsp3) is 0.600. The number of hydrogen-bond acceptors (Lipinski definition) is 6. The van der Waals surface area contributed by atoms with Crippen molar-refractivity contribution in [3.8, 4) is 5.75 Å². The van der Waals surface area contributed by atoms with Gasteiger partial charge >= 0.3 is 5.97 Å². The number of carbonyl (C=O) groups is 1. The van der Waals surface area contributed by atoms with Gasteiger partial charge in [0.2, 0.25) is 5.79 Å². The Morgan fingerprint density at radius 2 is 2.29 bits per heavy atom. The van der Waals surface area contributed by atoms with Crippen molar-refractivity contribution < 1.29 is 19.0 Å². The van der Waals surface area contributed by atoms with Crippen LogP contribution in [0.25, 0.3) is 0 Å². The summed E-state index contributed by atoms with van der Waals surface area (Å²) >= 11 is 1.60. The third-order valence-corrected chi connectivity index (χ3v) is 4.95. The Kier molecular flexibility index (Phi) is 3.84. The number of ether oxygens (including phenoxy) is 3. The number of aryl methyl sites for hydroxylation is 1. The van der Waals surface area contributed by atoms with Crippen molar-refractivity contribution in [3.05, 3.63) is 23.0 Å². The monoisotopic (exact) mass is 309 g/mol. The molecule has 0 saturated carbocycles. The summed E-state index contributed by atoms with van der Waals surface area (Å²) in [6.45, 7) is 6.76. The average Bonchev–Trinajstić information content (AvgIpc) is 2.83. The standard InChI is InChI=1S/C15H19NO4S/c1-9-13-11(7-19-15(2,3)20-13)10(6-16-9)8-21-12-4-5-18-14(12)17/h6,12H,4-5,7-8H2,1-3H3. The highest BCUT2D eigenvalue weighted by Crippen LogP contribution is 2.37. The first-order valence-electron chi connectivity index (χ1n) is 7.05. The second-order valence-electron chi connectivity index (χ2n) is 5.72. The lowest BCUT2D eigenvalue weighted by Crippen LogP contribution is -2.36. The Balaban J connectivity index is 1.79. The normalized spacial score (nSPS) is 23.4. The summed E-state index contributed by atoms with van der Waals surface area (Å²) in [5.74, 6) is 0.795. The molecule has 1 fully saturated rings. The number of fused-ring (bicyclic) bond motifs is 1. The Morgan fingerprint density at radius 1 is 1.48 bits per heavy atom. The lowest BCUT2D eigenvalue weighted by atomic mass is 10.1. The van der Waals surface area contributed by atoms with E-state index in [9.17, 15) is 4.79 Å². The van der Waals surface area contributed by atoms with E-state index in [1.165, 1.54) is 0 Å². The largest absolute Gasteiger partial charge is 0.465 e. The van der Waals surface area contributed by atoms with Crippen LogP contribution in [0.2, 0.25) is 0 Å². The van der Waals surface area contributed by atoms with E-state index in [1.54, 1.807) is 11.8 Å². The number of aromatic nitrogens is 1. The first kappa shape index (κ1) is 14.7. The van der Waals surface area contributed by atoms with Gasteiger partial charge in [-0.05, 0) is 12.5 Å². The molecule has 21 heavy (non-hydrogen) atoms. The van der Waals surface area contributed by atoms with Crippen LogP contribution < -0.4 is 4.74 Å². The Morgan fingerprint density at radius 3 is 3.00 bits per heavy atom. The zero-order valence-corrected chi connectivity index (χ0v) is 13.3. The summed E-state index contributed by atoms with van der Waals surface area (Å²) < 4.78 is 16.6. The number of carbonyl (C=O) groups excluding carboxylic acids is 1. The number of hydrogen-bond donors (Lipinski definition) is 0. The van der Waals surface area contributed by atoms with Crippen molar-refractivity contribution >= 4 is 17.7 Å². The summed E-state index contributed by atoms with van der Waals surface area (Å²) in [7, 11) is 0. The summed E-state index contributed by atoms with van der Waals surface area (Å²) in [6.07, 6.45) is 2.64.